The minimum absolute atomic E-state index is 0.0135. The van der Waals surface area contributed by atoms with Gasteiger partial charge in [0.1, 0.15) is 0 Å². The molecule has 1 aromatic carbocycles. The fraction of sp³-hybridized carbons (Fsp3) is 0.647. The van der Waals surface area contributed by atoms with E-state index in [0.29, 0.717) is 18.6 Å². The summed E-state index contributed by atoms with van der Waals surface area (Å²) in [6.45, 7) is 7.39. The van der Waals surface area contributed by atoms with Gasteiger partial charge in [-0.15, -0.1) is 0 Å². The first-order valence-electron chi connectivity index (χ1n) is 7.34. The van der Waals surface area contributed by atoms with Gasteiger partial charge >= 0.3 is 0 Å². The molecule has 2 saturated heterocycles. The van der Waals surface area contributed by atoms with Crippen LogP contribution in [0.1, 0.15) is 45.6 Å². The van der Waals surface area contributed by atoms with Crippen molar-refractivity contribution >= 4 is 0 Å². The van der Waals surface area contributed by atoms with Gasteiger partial charge in [0, 0.05) is 12.3 Å². The van der Waals surface area contributed by atoms with Gasteiger partial charge in [0.05, 0.1) is 23.9 Å². The molecule has 2 aliphatic heterocycles. The normalized spacial score (nSPS) is 36.4. The molecule has 0 N–H and O–H groups in total. The minimum Gasteiger partial charge on any atom is -0.373 e. The quantitative estimate of drug-likeness (QED) is 0.819. The van der Waals surface area contributed by atoms with Gasteiger partial charge in [-0.05, 0) is 39.2 Å². The molecule has 1 aliphatic carbocycles. The van der Waals surface area contributed by atoms with E-state index < -0.39 is 0 Å². The van der Waals surface area contributed by atoms with Crippen molar-refractivity contribution in [2.75, 3.05) is 0 Å². The molecule has 0 radical (unpaired) electrons. The summed E-state index contributed by atoms with van der Waals surface area (Å²) in [4.78, 5) is 0. The van der Waals surface area contributed by atoms with Crippen LogP contribution in [0.4, 0.5) is 0 Å². The summed E-state index contributed by atoms with van der Waals surface area (Å²) in [5, 5.41) is 0. The molecule has 19 heavy (non-hydrogen) atoms. The molecule has 0 unspecified atom stereocenters. The molecule has 2 heteroatoms. The van der Waals surface area contributed by atoms with Crippen LogP contribution >= 0.6 is 0 Å². The molecule has 0 aromatic heterocycles. The molecule has 4 rings (SSSR count). The Morgan fingerprint density at radius 3 is 2.58 bits per heavy atom. The van der Waals surface area contributed by atoms with Gasteiger partial charge in [-0.25, -0.2) is 0 Å². The molecule has 3 atom stereocenters. The largest absolute Gasteiger partial charge is 0.373 e. The second kappa shape index (κ2) is 4.60. The number of benzene rings is 1. The van der Waals surface area contributed by atoms with Gasteiger partial charge in [-0.3, -0.25) is 0 Å². The smallest absolute Gasteiger partial charge is 0.0720 e. The molecular weight excluding hydrogens is 236 g/mol. The standard InChI is InChI=1S/C17H24O2/c1-16(2)14-9-10-17(3,19-16)11-15(14)18-12-13-7-5-4-6-8-13/h4-8,14-15H,9-12H2,1-3H3/t14-,15+,17+/m1/s1. The Balaban J connectivity index is 1.69. The number of rotatable bonds is 3. The van der Waals surface area contributed by atoms with Gasteiger partial charge in [0.25, 0.3) is 0 Å². The van der Waals surface area contributed by atoms with Crippen LogP contribution in [0.25, 0.3) is 0 Å². The first kappa shape index (κ1) is 13.1. The molecule has 2 heterocycles. The van der Waals surface area contributed by atoms with Crippen molar-refractivity contribution in [3.8, 4) is 0 Å². The Labute approximate surface area is 116 Å². The summed E-state index contributed by atoms with van der Waals surface area (Å²) in [6, 6.07) is 10.4. The van der Waals surface area contributed by atoms with Crippen molar-refractivity contribution in [2.45, 2.75) is 63.9 Å². The molecule has 0 amide bonds. The molecule has 3 fully saturated rings. The molecule has 1 aromatic rings. The van der Waals surface area contributed by atoms with E-state index >= 15 is 0 Å². The number of fused-ring (bicyclic) bond motifs is 3. The topological polar surface area (TPSA) is 18.5 Å². The van der Waals surface area contributed by atoms with Crippen LogP contribution in [0.5, 0.6) is 0 Å². The molecule has 0 spiro atoms. The third kappa shape index (κ3) is 2.56. The van der Waals surface area contributed by atoms with E-state index in [2.05, 4.69) is 45.0 Å². The highest BCUT2D eigenvalue weighted by molar-refractivity contribution is 5.13. The maximum absolute atomic E-state index is 6.26. The van der Waals surface area contributed by atoms with Crippen molar-refractivity contribution in [1.29, 1.82) is 0 Å². The van der Waals surface area contributed by atoms with Gasteiger partial charge in [0.15, 0.2) is 0 Å². The third-order valence-corrected chi connectivity index (χ3v) is 4.78. The van der Waals surface area contributed by atoms with E-state index in [4.69, 9.17) is 9.47 Å². The molecular formula is C17H24O2. The van der Waals surface area contributed by atoms with Gasteiger partial charge in [-0.1, -0.05) is 30.3 Å². The van der Waals surface area contributed by atoms with Crippen molar-refractivity contribution in [3.05, 3.63) is 35.9 Å². The summed E-state index contributed by atoms with van der Waals surface area (Å²) in [7, 11) is 0. The average molecular weight is 260 g/mol. The number of ether oxygens (including phenoxy) is 2. The zero-order valence-corrected chi connectivity index (χ0v) is 12.2. The Morgan fingerprint density at radius 2 is 1.95 bits per heavy atom. The van der Waals surface area contributed by atoms with Crippen LogP contribution in [0.2, 0.25) is 0 Å². The lowest BCUT2D eigenvalue weighted by Gasteiger charge is -2.57. The lowest BCUT2D eigenvalue weighted by atomic mass is 9.67. The predicted octanol–water partition coefficient (Wildman–Crippen LogP) is 3.94. The van der Waals surface area contributed by atoms with Crippen LogP contribution in [-0.4, -0.2) is 17.3 Å². The maximum atomic E-state index is 6.26. The zero-order chi connectivity index (χ0) is 13.5. The molecule has 2 bridgehead atoms. The molecule has 104 valence electrons. The summed E-state index contributed by atoms with van der Waals surface area (Å²) in [5.41, 5.74) is 1.22. The summed E-state index contributed by atoms with van der Waals surface area (Å²) < 4.78 is 12.5. The second-order valence-electron chi connectivity index (χ2n) is 6.84. The first-order valence-corrected chi connectivity index (χ1v) is 7.34. The first-order chi connectivity index (χ1) is 8.99. The zero-order valence-electron chi connectivity index (χ0n) is 12.2. The summed E-state index contributed by atoms with van der Waals surface area (Å²) in [5.74, 6) is 0.526. The predicted molar refractivity (Wildman–Crippen MR) is 75.9 cm³/mol. The van der Waals surface area contributed by atoms with Crippen LogP contribution in [0, 0.1) is 5.92 Å². The van der Waals surface area contributed by atoms with E-state index in [0.717, 1.165) is 6.42 Å². The SMILES string of the molecule is CC1(C)O[C@@]2(C)CC[C@@H]1[C@@H](OCc1ccccc1)C2. The lowest BCUT2D eigenvalue weighted by Crippen LogP contribution is -2.60. The summed E-state index contributed by atoms with van der Waals surface area (Å²) >= 11 is 0. The van der Waals surface area contributed by atoms with E-state index in [1.165, 1.54) is 18.4 Å². The van der Waals surface area contributed by atoms with Gasteiger partial charge in [-0.2, -0.15) is 0 Å². The Bertz CT molecular complexity index is 437. The Morgan fingerprint density at radius 1 is 1.21 bits per heavy atom. The maximum Gasteiger partial charge on any atom is 0.0720 e. The highest BCUT2D eigenvalue weighted by Crippen LogP contribution is 2.50. The van der Waals surface area contributed by atoms with E-state index in [-0.39, 0.29) is 11.2 Å². The lowest BCUT2D eigenvalue weighted by molar-refractivity contribution is -0.273. The van der Waals surface area contributed by atoms with Crippen LogP contribution < -0.4 is 0 Å². The van der Waals surface area contributed by atoms with Gasteiger partial charge < -0.3 is 9.47 Å². The van der Waals surface area contributed by atoms with Crippen LogP contribution in [-0.2, 0) is 16.1 Å². The van der Waals surface area contributed by atoms with Crippen molar-refractivity contribution < 1.29 is 9.47 Å². The fourth-order valence-electron chi connectivity index (χ4n) is 3.87. The molecule has 2 nitrogen and oxygen atoms in total. The van der Waals surface area contributed by atoms with Crippen LogP contribution in [0.3, 0.4) is 0 Å². The number of hydrogen-bond donors (Lipinski definition) is 0. The Hall–Kier alpha value is -0.860. The van der Waals surface area contributed by atoms with Gasteiger partial charge in [0.2, 0.25) is 0 Å². The van der Waals surface area contributed by atoms with Crippen LogP contribution in [0.15, 0.2) is 30.3 Å². The second-order valence-corrected chi connectivity index (χ2v) is 6.84. The monoisotopic (exact) mass is 260 g/mol. The number of hydrogen-bond acceptors (Lipinski definition) is 2. The minimum atomic E-state index is -0.0490. The van der Waals surface area contributed by atoms with Crippen molar-refractivity contribution in [3.63, 3.8) is 0 Å². The third-order valence-electron chi connectivity index (χ3n) is 4.78. The average Bonchev–Trinajstić information content (AvgIpc) is 2.35. The molecule has 1 saturated carbocycles. The van der Waals surface area contributed by atoms with E-state index in [9.17, 15) is 0 Å². The van der Waals surface area contributed by atoms with Crippen molar-refractivity contribution in [1.82, 2.24) is 0 Å². The summed E-state index contributed by atoms with van der Waals surface area (Å²) in [6.07, 6.45) is 3.77. The fourth-order valence-corrected chi connectivity index (χ4v) is 3.87. The van der Waals surface area contributed by atoms with Crippen molar-refractivity contribution in [2.24, 2.45) is 5.92 Å². The van der Waals surface area contributed by atoms with E-state index in [1.54, 1.807) is 0 Å². The molecule has 3 aliphatic rings. The highest BCUT2D eigenvalue weighted by atomic mass is 16.5. The van der Waals surface area contributed by atoms with E-state index in [1.807, 2.05) is 6.07 Å². The Kier molecular flexibility index (Phi) is 3.18. The highest BCUT2D eigenvalue weighted by Gasteiger charge is 2.53.